The van der Waals surface area contributed by atoms with Crippen LogP contribution in [0, 0.1) is 0 Å². The first-order chi connectivity index (χ1) is 15.4. The molecule has 0 bridgehead atoms. The maximum absolute atomic E-state index is 10.2. The van der Waals surface area contributed by atoms with Gasteiger partial charge in [-0.3, -0.25) is 14.8 Å². The number of ether oxygens (including phenoxy) is 2. The van der Waals surface area contributed by atoms with Crippen LogP contribution >= 0.6 is 0 Å². The third-order valence-corrected chi connectivity index (χ3v) is 4.07. The van der Waals surface area contributed by atoms with Gasteiger partial charge in [0.1, 0.15) is 0 Å². The number of para-hydroxylation sites is 4. The predicted octanol–water partition coefficient (Wildman–Crippen LogP) is 4.70. The number of rotatable bonds is 6. The SMILES string of the molecule is CC(=O)O.COc1cccc(C=Nc2ccccc2N=Cc2cccc(OC)c2O)c1O.[Mn]. The van der Waals surface area contributed by atoms with E-state index in [-0.39, 0.29) is 28.6 Å². The van der Waals surface area contributed by atoms with E-state index in [2.05, 4.69) is 9.98 Å². The van der Waals surface area contributed by atoms with Gasteiger partial charge in [-0.2, -0.15) is 0 Å². The molecular formula is C24H24MnN2O6. The van der Waals surface area contributed by atoms with Gasteiger partial charge in [0.25, 0.3) is 5.97 Å². The quantitative estimate of drug-likeness (QED) is 0.339. The fourth-order valence-corrected chi connectivity index (χ4v) is 2.58. The van der Waals surface area contributed by atoms with Crippen LogP contribution in [0.5, 0.6) is 23.0 Å². The molecule has 0 amide bonds. The molecule has 0 aliphatic rings. The van der Waals surface area contributed by atoms with Crippen molar-refractivity contribution in [1.29, 1.82) is 0 Å². The van der Waals surface area contributed by atoms with Crippen LogP contribution in [0.1, 0.15) is 18.1 Å². The Labute approximate surface area is 202 Å². The molecule has 0 saturated heterocycles. The summed E-state index contributed by atoms with van der Waals surface area (Å²) in [5.41, 5.74) is 2.29. The number of aliphatic imine (C=N–C) groups is 2. The monoisotopic (exact) mass is 491 g/mol. The fraction of sp³-hybridized carbons (Fsp3) is 0.125. The number of carboxylic acid groups (broad SMARTS) is 1. The maximum Gasteiger partial charge on any atom is 0.300 e. The number of carbonyl (C=O) groups is 1. The number of aliphatic carboxylic acids is 1. The van der Waals surface area contributed by atoms with E-state index in [1.807, 2.05) is 24.3 Å². The number of phenolic OH excluding ortho intramolecular Hbond substituents is 2. The van der Waals surface area contributed by atoms with Gasteiger partial charge in [0.2, 0.25) is 0 Å². The van der Waals surface area contributed by atoms with Crippen LogP contribution in [0.4, 0.5) is 11.4 Å². The van der Waals surface area contributed by atoms with E-state index in [1.165, 1.54) is 14.2 Å². The minimum atomic E-state index is -0.833. The van der Waals surface area contributed by atoms with Crippen LogP contribution in [-0.2, 0) is 21.9 Å². The average Bonchev–Trinajstić information content (AvgIpc) is 2.78. The van der Waals surface area contributed by atoms with Crippen LogP contribution in [0.25, 0.3) is 0 Å². The van der Waals surface area contributed by atoms with Crippen molar-refractivity contribution >= 4 is 29.8 Å². The molecule has 0 fully saturated rings. The van der Waals surface area contributed by atoms with Crippen LogP contribution in [0.15, 0.2) is 70.6 Å². The molecule has 9 heteroatoms. The normalized spacial score (nSPS) is 10.3. The topological polar surface area (TPSA) is 121 Å². The molecule has 0 unspecified atom stereocenters. The van der Waals surface area contributed by atoms with Gasteiger partial charge >= 0.3 is 0 Å². The minimum absolute atomic E-state index is 0. The predicted molar refractivity (Wildman–Crippen MR) is 124 cm³/mol. The van der Waals surface area contributed by atoms with Crippen molar-refractivity contribution in [2.75, 3.05) is 14.2 Å². The van der Waals surface area contributed by atoms with Crippen LogP contribution in [0.2, 0.25) is 0 Å². The zero-order valence-electron chi connectivity index (χ0n) is 18.3. The number of hydrogen-bond acceptors (Lipinski definition) is 7. The van der Waals surface area contributed by atoms with E-state index in [4.69, 9.17) is 19.4 Å². The summed E-state index contributed by atoms with van der Waals surface area (Å²) in [5, 5.41) is 27.8. The molecule has 8 nitrogen and oxygen atoms in total. The van der Waals surface area contributed by atoms with Crippen LogP contribution in [0.3, 0.4) is 0 Å². The van der Waals surface area contributed by atoms with Gasteiger partial charge in [0.15, 0.2) is 23.0 Å². The molecule has 0 atom stereocenters. The van der Waals surface area contributed by atoms with Gasteiger partial charge < -0.3 is 24.8 Å². The molecule has 0 spiro atoms. The van der Waals surface area contributed by atoms with E-state index in [0.29, 0.717) is 34.0 Å². The standard InChI is InChI=1S/C22H20N2O4.C2H4O2.Mn/c1-27-19-11-5-7-15(21(19)25)13-23-17-9-3-4-10-18(17)24-14-16-8-6-12-20(28-2)22(16)26;1-2(3)4;/h3-14,25-26H,1-2H3;1H3,(H,3,4);. The summed E-state index contributed by atoms with van der Waals surface area (Å²) in [7, 11) is 2.99. The second kappa shape index (κ2) is 13.6. The van der Waals surface area contributed by atoms with Gasteiger partial charge in [-0.25, -0.2) is 0 Å². The smallest absolute Gasteiger partial charge is 0.300 e. The summed E-state index contributed by atoms with van der Waals surface area (Å²) in [6.45, 7) is 1.08. The molecule has 3 aromatic rings. The van der Waals surface area contributed by atoms with E-state index in [9.17, 15) is 10.2 Å². The van der Waals surface area contributed by atoms with Crippen LogP contribution < -0.4 is 9.47 Å². The number of carboxylic acids is 1. The Bertz CT molecular complexity index is 1050. The Morgan fingerprint density at radius 1 is 0.758 bits per heavy atom. The number of nitrogens with zero attached hydrogens (tertiary/aromatic N) is 2. The Morgan fingerprint density at radius 2 is 1.12 bits per heavy atom. The molecule has 0 aliphatic carbocycles. The van der Waals surface area contributed by atoms with E-state index in [1.54, 1.807) is 48.8 Å². The second-order valence-electron chi connectivity index (χ2n) is 6.32. The van der Waals surface area contributed by atoms with E-state index in [0.717, 1.165) is 6.92 Å². The molecule has 173 valence electrons. The van der Waals surface area contributed by atoms with Gasteiger partial charge in [-0.05, 0) is 36.4 Å². The molecule has 0 aromatic heterocycles. The molecule has 0 heterocycles. The Morgan fingerprint density at radius 3 is 1.45 bits per heavy atom. The summed E-state index contributed by atoms with van der Waals surface area (Å²) in [6, 6.07) is 17.7. The van der Waals surface area contributed by atoms with Crippen molar-refractivity contribution in [2.45, 2.75) is 6.92 Å². The number of methoxy groups -OCH3 is 2. The molecule has 3 rings (SSSR count). The first kappa shape index (κ1) is 27.2. The van der Waals surface area contributed by atoms with Crippen molar-refractivity contribution in [3.8, 4) is 23.0 Å². The van der Waals surface area contributed by atoms with Crippen LogP contribution in [-0.4, -0.2) is 47.9 Å². The minimum Gasteiger partial charge on any atom is -0.504 e. The molecular weight excluding hydrogens is 467 g/mol. The van der Waals surface area contributed by atoms with Crippen molar-refractivity contribution in [3.63, 3.8) is 0 Å². The maximum atomic E-state index is 10.2. The van der Waals surface area contributed by atoms with E-state index >= 15 is 0 Å². The Hall–Kier alpha value is -3.81. The zero-order chi connectivity index (χ0) is 23.5. The number of hydrogen-bond donors (Lipinski definition) is 3. The first-order valence-corrected chi connectivity index (χ1v) is 9.46. The number of phenols is 2. The summed E-state index contributed by atoms with van der Waals surface area (Å²) < 4.78 is 10.2. The Balaban J connectivity index is 0.00000101. The molecule has 0 aliphatic heterocycles. The Kier molecular flexibility index (Phi) is 11.2. The van der Waals surface area contributed by atoms with Gasteiger partial charge in [-0.15, -0.1) is 0 Å². The molecule has 3 N–H and O–H groups in total. The summed E-state index contributed by atoms with van der Waals surface area (Å²) in [5.74, 6) is -0.0282. The van der Waals surface area contributed by atoms with Gasteiger partial charge in [0, 0.05) is 47.5 Å². The van der Waals surface area contributed by atoms with Gasteiger partial charge in [-0.1, -0.05) is 24.3 Å². The molecule has 1 radical (unpaired) electrons. The third-order valence-electron chi connectivity index (χ3n) is 4.07. The van der Waals surface area contributed by atoms with Crippen molar-refractivity contribution < 1.29 is 46.7 Å². The molecule has 0 saturated carbocycles. The summed E-state index contributed by atoms with van der Waals surface area (Å²) in [4.78, 5) is 17.9. The van der Waals surface area contributed by atoms with Crippen molar-refractivity contribution in [3.05, 3.63) is 71.8 Å². The molecule has 3 aromatic carbocycles. The van der Waals surface area contributed by atoms with Crippen molar-refractivity contribution in [1.82, 2.24) is 0 Å². The fourth-order valence-electron chi connectivity index (χ4n) is 2.58. The van der Waals surface area contributed by atoms with E-state index < -0.39 is 5.97 Å². The summed E-state index contributed by atoms with van der Waals surface area (Å²) in [6.07, 6.45) is 3.10. The number of aromatic hydroxyl groups is 2. The van der Waals surface area contributed by atoms with Crippen molar-refractivity contribution in [2.24, 2.45) is 9.98 Å². The number of benzene rings is 3. The zero-order valence-corrected chi connectivity index (χ0v) is 19.4. The third kappa shape index (κ3) is 7.99. The molecule has 33 heavy (non-hydrogen) atoms. The van der Waals surface area contributed by atoms with Gasteiger partial charge in [0.05, 0.1) is 25.6 Å². The summed E-state index contributed by atoms with van der Waals surface area (Å²) >= 11 is 0. The second-order valence-corrected chi connectivity index (χ2v) is 6.32. The largest absolute Gasteiger partial charge is 0.504 e. The average molecular weight is 491 g/mol. The first-order valence-electron chi connectivity index (χ1n) is 9.46.